The van der Waals surface area contributed by atoms with E-state index in [9.17, 15) is 4.79 Å². The normalized spacial score (nSPS) is 14.1. The number of fused-ring (bicyclic) bond motifs is 1. The van der Waals surface area contributed by atoms with Crippen LogP contribution in [-0.2, 0) is 24.9 Å². The zero-order valence-electron chi connectivity index (χ0n) is 13.6. The van der Waals surface area contributed by atoms with Gasteiger partial charge < -0.3 is 19.9 Å². The number of anilines is 1. The summed E-state index contributed by atoms with van der Waals surface area (Å²) in [5, 5.41) is 0. The summed E-state index contributed by atoms with van der Waals surface area (Å²) in [6.45, 7) is 7.03. The molecule has 2 N–H and O–H groups in total. The fraction of sp³-hybridized carbons (Fsp3) is 0.571. The van der Waals surface area contributed by atoms with Gasteiger partial charge in [0.2, 0.25) is 5.95 Å². The van der Waals surface area contributed by atoms with Gasteiger partial charge in [0.25, 0.3) is 5.91 Å². The lowest BCUT2D eigenvalue weighted by atomic mass is 10.4. The van der Waals surface area contributed by atoms with E-state index in [1.807, 2.05) is 13.8 Å². The molecule has 9 heteroatoms. The summed E-state index contributed by atoms with van der Waals surface area (Å²) in [4.78, 5) is 23.2. The van der Waals surface area contributed by atoms with Gasteiger partial charge in [0, 0.05) is 13.8 Å². The molecule has 23 heavy (non-hydrogen) atoms. The van der Waals surface area contributed by atoms with E-state index in [0.717, 1.165) is 0 Å². The number of imidazole rings is 1. The second-order valence-corrected chi connectivity index (χ2v) is 5.29. The molecule has 0 fully saturated rings. The quantitative estimate of drug-likeness (QED) is 0.457. The first-order valence-electron chi connectivity index (χ1n) is 7.23. The van der Waals surface area contributed by atoms with Crippen molar-refractivity contribution in [2.24, 2.45) is 0 Å². The first-order valence-corrected chi connectivity index (χ1v) is 7.23. The Morgan fingerprint density at radius 3 is 2.83 bits per heavy atom. The molecule has 0 radical (unpaired) electrons. The van der Waals surface area contributed by atoms with E-state index in [-0.39, 0.29) is 31.2 Å². The van der Waals surface area contributed by atoms with Crippen molar-refractivity contribution >= 4 is 23.1 Å². The van der Waals surface area contributed by atoms with Crippen molar-refractivity contribution in [3.8, 4) is 0 Å². The van der Waals surface area contributed by atoms with E-state index in [1.54, 1.807) is 17.7 Å². The van der Waals surface area contributed by atoms with Crippen LogP contribution in [-0.4, -0.2) is 44.8 Å². The van der Waals surface area contributed by atoms with E-state index in [4.69, 9.17) is 19.9 Å². The number of esters is 1. The van der Waals surface area contributed by atoms with Gasteiger partial charge in [0.05, 0.1) is 18.9 Å². The van der Waals surface area contributed by atoms with Gasteiger partial charge in [-0.15, -0.1) is 0 Å². The Balaban J connectivity index is 2.32. The number of rotatable bonds is 7. The Bertz CT molecular complexity index is 687. The highest BCUT2D eigenvalue weighted by atomic mass is 16.7. The fourth-order valence-corrected chi connectivity index (χ4v) is 2.25. The summed E-state index contributed by atoms with van der Waals surface area (Å²) in [6, 6.07) is 0. The molecule has 0 bridgehead atoms. The average molecular weight is 323 g/mol. The van der Waals surface area contributed by atoms with Crippen molar-refractivity contribution < 1.29 is 19.0 Å². The summed E-state index contributed by atoms with van der Waals surface area (Å²) in [5.41, 5.74) is 7.03. The van der Waals surface area contributed by atoms with Crippen molar-refractivity contribution in [3.05, 3.63) is 12.5 Å². The van der Waals surface area contributed by atoms with Gasteiger partial charge in [-0.1, -0.05) is 0 Å². The van der Waals surface area contributed by atoms with Crippen molar-refractivity contribution in [2.75, 3.05) is 18.9 Å². The number of aromatic nitrogens is 4. The van der Waals surface area contributed by atoms with Gasteiger partial charge in [0.1, 0.15) is 18.5 Å². The van der Waals surface area contributed by atoms with E-state index in [2.05, 4.69) is 15.0 Å². The smallest absolute Gasteiger partial charge is 0.302 e. The maximum Gasteiger partial charge on any atom is 0.302 e. The minimum absolute atomic E-state index is 0.105. The predicted octanol–water partition coefficient (Wildman–Crippen LogP) is 1.04. The van der Waals surface area contributed by atoms with Gasteiger partial charge in [-0.25, -0.2) is 19.5 Å². The third-order valence-electron chi connectivity index (χ3n) is 2.97. The second-order valence-electron chi connectivity index (χ2n) is 5.29. The molecule has 2 aromatic heterocycles. The maximum atomic E-state index is 10.8. The molecule has 1 atom stereocenters. The van der Waals surface area contributed by atoms with Crippen LogP contribution in [0.1, 0.15) is 27.7 Å². The lowest BCUT2D eigenvalue weighted by Crippen LogP contribution is -2.40. The van der Waals surface area contributed by atoms with Crippen LogP contribution in [0.4, 0.5) is 5.95 Å². The molecule has 1 unspecified atom stereocenters. The third kappa shape index (κ3) is 3.93. The summed E-state index contributed by atoms with van der Waals surface area (Å²) in [5.74, 6) is -1.43. The molecule has 0 aromatic carbocycles. The highest BCUT2D eigenvalue weighted by molar-refractivity contribution is 5.73. The number of hydrogen-bond acceptors (Lipinski definition) is 8. The van der Waals surface area contributed by atoms with Crippen molar-refractivity contribution in [2.45, 2.75) is 39.7 Å². The second kappa shape index (κ2) is 6.88. The van der Waals surface area contributed by atoms with Gasteiger partial charge in [-0.05, 0) is 13.8 Å². The molecule has 0 amide bonds. The van der Waals surface area contributed by atoms with Crippen molar-refractivity contribution in [1.82, 2.24) is 19.5 Å². The molecule has 0 saturated heterocycles. The van der Waals surface area contributed by atoms with Crippen LogP contribution < -0.4 is 5.73 Å². The van der Waals surface area contributed by atoms with E-state index in [0.29, 0.717) is 11.2 Å². The first-order chi connectivity index (χ1) is 10.8. The molecule has 0 aliphatic rings. The summed E-state index contributed by atoms with van der Waals surface area (Å²) in [7, 11) is 0. The van der Waals surface area contributed by atoms with Gasteiger partial charge in [-0.2, -0.15) is 0 Å². The molecule has 2 aromatic rings. The molecule has 2 heterocycles. The Labute approximate surface area is 133 Å². The molecule has 0 aliphatic carbocycles. The molecule has 9 nitrogen and oxygen atoms in total. The zero-order valence-corrected chi connectivity index (χ0v) is 13.6. The number of ether oxygens (including phenoxy) is 3. The largest absolute Gasteiger partial charge is 0.463 e. The van der Waals surface area contributed by atoms with Crippen molar-refractivity contribution in [3.63, 3.8) is 0 Å². The highest BCUT2D eigenvalue weighted by Crippen LogP contribution is 2.29. The lowest BCUT2D eigenvalue weighted by Gasteiger charge is -2.33. The van der Waals surface area contributed by atoms with Crippen LogP contribution in [0.5, 0.6) is 0 Å². The Morgan fingerprint density at radius 1 is 1.43 bits per heavy atom. The average Bonchev–Trinajstić information content (AvgIpc) is 2.79. The summed E-state index contributed by atoms with van der Waals surface area (Å²) in [6.07, 6.45) is 2.81. The van der Waals surface area contributed by atoms with Gasteiger partial charge >= 0.3 is 5.97 Å². The Hall–Kier alpha value is -2.26. The Kier molecular flexibility index (Phi) is 5.12. The first kappa shape index (κ1) is 17.1. The van der Waals surface area contributed by atoms with Crippen LogP contribution in [0.15, 0.2) is 12.5 Å². The number of carbonyl (C=O) groups excluding carboxylic acids is 1. The molecular formula is C14H21N5O4. The van der Waals surface area contributed by atoms with Crippen LogP contribution in [0.3, 0.4) is 0 Å². The van der Waals surface area contributed by atoms with E-state index in [1.165, 1.54) is 13.3 Å². The number of nitrogens with two attached hydrogens (primary N) is 1. The van der Waals surface area contributed by atoms with Gasteiger partial charge in [-0.3, -0.25) is 4.79 Å². The third-order valence-corrected chi connectivity index (χ3v) is 2.97. The Morgan fingerprint density at radius 2 is 2.17 bits per heavy atom. The minimum Gasteiger partial charge on any atom is -0.463 e. The van der Waals surface area contributed by atoms with Crippen molar-refractivity contribution in [1.29, 1.82) is 0 Å². The maximum absolute atomic E-state index is 10.8. The standard InChI is InChI=1S/C14H21N5O4/c1-9(2)23-14(4,22-6-5-21-10(3)20)19-12-11(18-13(19)15)7-16-8-17-12/h7-9H,5-6H2,1-4H3,(H2,15,18). The van der Waals surface area contributed by atoms with Crippen LogP contribution in [0.2, 0.25) is 0 Å². The van der Waals surface area contributed by atoms with Crippen LogP contribution in [0.25, 0.3) is 11.2 Å². The summed E-state index contributed by atoms with van der Waals surface area (Å²) >= 11 is 0. The number of nitrogen functional groups attached to an aromatic ring is 1. The number of nitrogens with zero attached hydrogens (tertiary/aromatic N) is 4. The molecule has 126 valence electrons. The fourth-order valence-electron chi connectivity index (χ4n) is 2.25. The highest BCUT2D eigenvalue weighted by Gasteiger charge is 2.34. The van der Waals surface area contributed by atoms with Crippen LogP contribution in [0, 0.1) is 0 Å². The minimum atomic E-state index is -1.25. The van der Waals surface area contributed by atoms with Gasteiger partial charge in [0.15, 0.2) is 5.65 Å². The lowest BCUT2D eigenvalue weighted by molar-refractivity contribution is -0.297. The number of carbonyl (C=O) groups is 1. The van der Waals surface area contributed by atoms with Crippen LogP contribution >= 0.6 is 0 Å². The molecular weight excluding hydrogens is 302 g/mol. The number of hydrogen-bond donors (Lipinski definition) is 1. The summed E-state index contributed by atoms with van der Waals surface area (Å²) < 4.78 is 18.1. The molecule has 0 spiro atoms. The topological polar surface area (TPSA) is 114 Å². The zero-order chi connectivity index (χ0) is 17.0. The van der Waals surface area contributed by atoms with E-state index < -0.39 is 5.91 Å². The molecule has 0 saturated carbocycles. The molecule has 0 aliphatic heterocycles. The monoisotopic (exact) mass is 323 g/mol. The van der Waals surface area contributed by atoms with E-state index >= 15 is 0 Å². The predicted molar refractivity (Wildman–Crippen MR) is 82.2 cm³/mol. The SMILES string of the molecule is CC(=O)OCCOC(C)(OC(C)C)n1c(N)nc2cncnc21. The molecule has 2 rings (SSSR count).